The molecule has 37 heavy (non-hydrogen) atoms. The van der Waals surface area contributed by atoms with E-state index >= 15 is 0 Å². The summed E-state index contributed by atoms with van der Waals surface area (Å²) >= 11 is 0. The molecule has 1 aromatic heterocycles. The third-order valence-corrected chi connectivity index (χ3v) is 8.04. The Bertz CT molecular complexity index is 748. The van der Waals surface area contributed by atoms with Crippen molar-refractivity contribution >= 4 is 0 Å². The number of hydrogen-bond donors (Lipinski definition) is 0. The molecular weight excluding hydrogens is 448 g/mol. The van der Waals surface area contributed by atoms with Crippen LogP contribution in [-0.4, -0.2) is 4.57 Å². The Kier molecular flexibility index (Phi) is 19.2. The zero-order valence-corrected chi connectivity index (χ0v) is 24.9. The first-order valence-corrected chi connectivity index (χ1v) is 16.5. The molecule has 0 atom stereocenters. The summed E-state index contributed by atoms with van der Waals surface area (Å²) < 4.78 is 5.05. The van der Waals surface area contributed by atoms with Gasteiger partial charge in [0.25, 0.3) is 5.82 Å². The molecule has 0 unspecified atom stereocenters. The predicted octanol–water partition coefficient (Wildman–Crippen LogP) is 10.6. The standard InChI is InChI=1S/C35H61N2/c1-3-5-7-9-10-11-12-13-14-15-16-17-18-19-20-21-26-30-36-31-32-37(33-34-27-23-22-24-28-34)35(36)29-25-8-6-4-2/h22-24,27-28,31-32H,3-21,25-26,29-30,33H2,1-2H3/q+1. The van der Waals surface area contributed by atoms with Crippen LogP contribution in [0.15, 0.2) is 42.7 Å². The first kappa shape index (κ1) is 31.6. The first-order chi connectivity index (χ1) is 18.3. The van der Waals surface area contributed by atoms with Crippen LogP contribution in [0.2, 0.25) is 0 Å². The van der Waals surface area contributed by atoms with Crippen molar-refractivity contribution in [3.8, 4) is 0 Å². The van der Waals surface area contributed by atoms with E-state index in [0.29, 0.717) is 0 Å². The summed E-state index contributed by atoms with van der Waals surface area (Å²) in [4.78, 5) is 0. The molecule has 0 fully saturated rings. The first-order valence-electron chi connectivity index (χ1n) is 16.5. The van der Waals surface area contributed by atoms with Crippen molar-refractivity contribution in [1.82, 2.24) is 4.57 Å². The van der Waals surface area contributed by atoms with Crippen LogP contribution in [0, 0.1) is 0 Å². The zero-order valence-electron chi connectivity index (χ0n) is 24.9. The minimum absolute atomic E-state index is 0.996. The van der Waals surface area contributed by atoms with E-state index in [0.717, 1.165) is 6.54 Å². The lowest BCUT2D eigenvalue weighted by Gasteiger charge is -2.07. The van der Waals surface area contributed by atoms with Crippen LogP contribution in [0.1, 0.15) is 160 Å². The SMILES string of the molecule is CCCCCCCCCCCCCCCCCCC[n+]1ccn(Cc2ccccc2)c1CCCCCC. The number of aromatic nitrogens is 2. The third kappa shape index (κ3) is 15.4. The van der Waals surface area contributed by atoms with E-state index in [1.165, 1.54) is 159 Å². The molecule has 0 spiro atoms. The summed E-state index contributed by atoms with van der Waals surface area (Å²) in [7, 11) is 0. The van der Waals surface area contributed by atoms with E-state index in [9.17, 15) is 0 Å². The molecule has 0 aliphatic rings. The van der Waals surface area contributed by atoms with Gasteiger partial charge >= 0.3 is 0 Å². The smallest absolute Gasteiger partial charge is 0.234 e. The molecule has 0 saturated carbocycles. The third-order valence-electron chi connectivity index (χ3n) is 8.04. The molecule has 0 saturated heterocycles. The van der Waals surface area contributed by atoms with Crippen LogP contribution in [0.25, 0.3) is 0 Å². The van der Waals surface area contributed by atoms with E-state index in [-0.39, 0.29) is 0 Å². The molecule has 0 amide bonds. The molecule has 1 heterocycles. The largest absolute Gasteiger partial charge is 0.256 e. The van der Waals surface area contributed by atoms with E-state index in [1.807, 2.05) is 0 Å². The van der Waals surface area contributed by atoms with Gasteiger partial charge in [-0.2, -0.15) is 0 Å². The minimum Gasteiger partial charge on any atom is -0.234 e. The Morgan fingerprint density at radius 1 is 0.541 bits per heavy atom. The lowest BCUT2D eigenvalue weighted by atomic mass is 10.0. The Labute approximate surface area is 231 Å². The van der Waals surface area contributed by atoms with Gasteiger partial charge in [0.15, 0.2) is 0 Å². The fourth-order valence-electron chi connectivity index (χ4n) is 5.63. The summed E-state index contributed by atoms with van der Waals surface area (Å²) in [5.41, 5.74) is 1.40. The summed E-state index contributed by atoms with van der Waals surface area (Å²) in [6, 6.07) is 10.9. The number of rotatable bonds is 25. The maximum atomic E-state index is 2.56. The summed E-state index contributed by atoms with van der Waals surface area (Å²) in [5, 5.41) is 0. The van der Waals surface area contributed by atoms with Crippen LogP contribution in [0.4, 0.5) is 0 Å². The Morgan fingerprint density at radius 3 is 1.51 bits per heavy atom. The van der Waals surface area contributed by atoms with Gasteiger partial charge < -0.3 is 0 Å². The van der Waals surface area contributed by atoms with E-state index < -0.39 is 0 Å². The van der Waals surface area contributed by atoms with Gasteiger partial charge in [-0.3, -0.25) is 0 Å². The molecule has 0 N–H and O–H groups in total. The molecule has 0 aliphatic heterocycles. The van der Waals surface area contributed by atoms with Crippen molar-refractivity contribution < 1.29 is 4.57 Å². The second-order valence-electron chi connectivity index (χ2n) is 11.5. The molecule has 0 radical (unpaired) electrons. The van der Waals surface area contributed by atoms with Crippen LogP contribution in [0.3, 0.4) is 0 Å². The highest BCUT2D eigenvalue weighted by molar-refractivity contribution is 5.15. The number of imidazole rings is 1. The number of aryl methyl sites for hydroxylation is 1. The molecule has 2 aromatic rings. The zero-order chi connectivity index (χ0) is 26.2. The van der Waals surface area contributed by atoms with Gasteiger partial charge in [-0.25, -0.2) is 9.13 Å². The molecule has 1 aromatic carbocycles. The summed E-state index contributed by atoms with van der Waals surface area (Å²) in [6.07, 6.45) is 35.6. The van der Waals surface area contributed by atoms with Gasteiger partial charge in [0.2, 0.25) is 0 Å². The normalized spacial score (nSPS) is 11.4. The second-order valence-corrected chi connectivity index (χ2v) is 11.5. The monoisotopic (exact) mass is 509 g/mol. The van der Waals surface area contributed by atoms with Gasteiger partial charge in [-0.15, -0.1) is 0 Å². The Balaban J connectivity index is 1.53. The maximum Gasteiger partial charge on any atom is 0.256 e. The average molecular weight is 510 g/mol. The van der Waals surface area contributed by atoms with Crippen LogP contribution < -0.4 is 4.57 Å². The maximum absolute atomic E-state index is 2.56. The fourth-order valence-corrected chi connectivity index (χ4v) is 5.63. The van der Waals surface area contributed by atoms with Crippen molar-refractivity contribution in [3.05, 3.63) is 54.1 Å². The molecule has 0 bridgehead atoms. The topological polar surface area (TPSA) is 8.81 Å². The van der Waals surface area contributed by atoms with Crippen LogP contribution in [0.5, 0.6) is 0 Å². The fraction of sp³-hybridized carbons (Fsp3) is 0.743. The van der Waals surface area contributed by atoms with E-state index in [1.54, 1.807) is 0 Å². The second kappa shape index (κ2) is 22.4. The van der Waals surface area contributed by atoms with Gasteiger partial charge in [0, 0.05) is 6.42 Å². The molecular formula is C35H61N2+. The van der Waals surface area contributed by atoms with Gasteiger partial charge in [0.05, 0.1) is 6.54 Å². The Hall–Kier alpha value is -1.57. The van der Waals surface area contributed by atoms with Gasteiger partial charge in [-0.05, 0) is 24.8 Å². The van der Waals surface area contributed by atoms with Crippen molar-refractivity contribution in [2.75, 3.05) is 0 Å². The van der Waals surface area contributed by atoms with Crippen molar-refractivity contribution in [2.45, 2.75) is 168 Å². The predicted molar refractivity (Wildman–Crippen MR) is 162 cm³/mol. The summed E-state index contributed by atoms with van der Waals surface area (Å²) in [6.45, 7) is 6.79. The molecule has 0 aliphatic carbocycles. The molecule has 210 valence electrons. The molecule has 2 rings (SSSR count). The van der Waals surface area contributed by atoms with Gasteiger partial charge in [0.1, 0.15) is 18.9 Å². The average Bonchev–Trinajstić information content (AvgIpc) is 3.29. The van der Waals surface area contributed by atoms with E-state index in [2.05, 4.69) is 65.7 Å². The highest BCUT2D eigenvalue weighted by Gasteiger charge is 2.17. The highest BCUT2D eigenvalue weighted by atomic mass is 15.1. The number of benzene rings is 1. The van der Waals surface area contributed by atoms with Crippen molar-refractivity contribution in [2.24, 2.45) is 0 Å². The number of unbranched alkanes of at least 4 members (excludes halogenated alkanes) is 19. The highest BCUT2D eigenvalue weighted by Crippen LogP contribution is 2.14. The van der Waals surface area contributed by atoms with E-state index in [4.69, 9.17) is 0 Å². The van der Waals surface area contributed by atoms with Crippen LogP contribution >= 0.6 is 0 Å². The number of hydrogen-bond acceptors (Lipinski definition) is 0. The van der Waals surface area contributed by atoms with Crippen molar-refractivity contribution in [1.29, 1.82) is 0 Å². The molecule has 2 heteroatoms. The van der Waals surface area contributed by atoms with Crippen LogP contribution in [-0.2, 0) is 19.5 Å². The quantitative estimate of drug-likeness (QED) is 0.0929. The minimum atomic E-state index is 0.996. The number of nitrogens with zero attached hydrogens (tertiary/aromatic N) is 2. The van der Waals surface area contributed by atoms with Gasteiger partial charge in [-0.1, -0.05) is 160 Å². The lowest BCUT2D eigenvalue weighted by molar-refractivity contribution is -0.704. The summed E-state index contributed by atoms with van der Waals surface area (Å²) in [5.74, 6) is 1.52. The molecule has 2 nitrogen and oxygen atoms in total. The van der Waals surface area contributed by atoms with Crippen molar-refractivity contribution in [3.63, 3.8) is 0 Å². The Morgan fingerprint density at radius 2 is 1.00 bits per heavy atom. The lowest BCUT2D eigenvalue weighted by Crippen LogP contribution is -2.37.